The standard InChI is InChI=1S/C15H18ClN3S/c1-3-20-10-11(2)19-13-6-4-5-12(9-17)15(13)18-14(19)7-8-16/h4-6,11H,3,7-8,10H2,1-2H3. The van der Waals surface area contributed by atoms with E-state index in [-0.39, 0.29) is 0 Å². The number of thioether (sulfide) groups is 1. The maximum absolute atomic E-state index is 9.22. The normalized spacial score (nSPS) is 12.5. The molecule has 0 aliphatic rings. The van der Waals surface area contributed by atoms with Crippen LogP contribution in [0.1, 0.15) is 31.3 Å². The molecule has 0 saturated heterocycles. The van der Waals surface area contributed by atoms with E-state index in [1.54, 1.807) is 0 Å². The van der Waals surface area contributed by atoms with Crippen LogP contribution < -0.4 is 0 Å². The number of para-hydroxylation sites is 1. The third kappa shape index (κ3) is 2.94. The zero-order valence-corrected chi connectivity index (χ0v) is 13.3. The van der Waals surface area contributed by atoms with Crippen LogP contribution >= 0.6 is 23.4 Å². The molecule has 1 aromatic heterocycles. The Hall–Kier alpha value is -1.18. The van der Waals surface area contributed by atoms with Gasteiger partial charge in [-0.3, -0.25) is 0 Å². The van der Waals surface area contributed by atoms with Crippen molar-refractivity contribution in [3.8, 4) is 6.07 Å². The number of aromatic nitrogens is 2. The average molecular weight is 308 g/mol. The predicted octanol–water partition coefficient (Wildman–Crippen LogP) is 4.00. The second kappa shape index (κ2) is 7.01. The molecular weight excluding hydrogens is 290 g/mol. The van der Waals surface area contributed by atoms with Crippen molar-refractivity contribution < 1.29 is 0 Å². The lowest BCUT2D eigenvalue weighted by atomic mass is 10.2. The number of hydrogen-bond donors (Lipinski definition) is 0. The monoisotopic (exact) mass is 307 g/mol. The molecule has 2 rings (SSSR count). The second-order valence-electron chi connectivity index (χ2n) is 4.63. The van der Waals surface area contributed by atoms with Gasteiger partial charge in [-0.2, -0.15) is 17.0 Å². The first-order valence-corrected chi connectivity index (χ1v) is 8.45. The van der Waals surface area contributed by atoms with Gasteiger partial charge in [0.15, 0.2) is 0 Å². The number of imidazole rings is 1. The maximum Gasteiger partial charge on any atom is 0.111 e. The quantitative estimate of drug-likeness (QED) is 0.757. The molecule has 5 heteroatoms. The van der Waals surface area contributed by atoms with Gasteiger partial charge in [-0.1, -0.05) is 13.0 Å². The molecule has 0 bridgehead atoms. The Morgan fingerprint density at radius 1 is 1.50 bits per heavy atom. The zero-order valence-electron chi connectivity index (χ0n) is 11.8. The largest absolute Gasteiger partial charge is 0.324 e. The number of fused-ring (bicyclic) bond motifs is 1. The number of hydrogen-bond acceptors (Lipinski definition) is 3. The molecule has 0 N–H and O–H groups in total. The molecule has 0 aliphatic heterocycles. The van der Waals surface area contributed by atoms with Crippen LogP contribution in [-0.2, 0) is 6.42 Å². The molecule has 0 radical (unpaired) electrons. The maximum atomic E-state index is 9.22. The van der Waals surface area contributed by atoms with E-state index in [2.05, 4.69) is 29.5 Å². The topological polar surface area (TPSA) is 41.6 Å². The lowest BCUT2D eigenvalue weighted by molar-refractivity contribution is 0.597. The first-order chi connectivity index (χ1) is 9.72. The summed E-state index contributed by atoms with van der Waals surface area (Å²) < 4.78 is 2.24. The van der Waals surface area contributed by atoms with Crippen LogP contribution in [0, 0.1) is 11.3 Å². The molecule has 0 aliphatic carbocycles. The summed E-state index contributed by atoms with van der Waals surface area (Å²) in [6.45, 7) is 4.36. The molecule has 0 spiro atoms. The average Bonchev–Trinajstić information content (AvgIpc) is 2.83. The Balaban J connectivity index is 2.54. The summed E-state index contributed by atoms with van der Waals surface area (Å²) >= 11 is 7.81. The molecule has 1 heterocycles. The fourth-order valence-electron chi connectivity index (χ4n) is 2.37. The molecule has 2 aromatic rings. The summed E-state index contributed by atoms with van der Waals surface area (Å²) in [5.74, 6) is 3.65. The minimum absolute atomic E-state index is 0.345. The van der Waals surface area contributed by atoms with Gasteiger partial charge < -0.3 is 4.57 Å². The molecule has 1 aromatic carbocycles. The predicted molar refractivity (Wildman–Crippen MR) is 86.6 cm³/mol. The lowest BCUT2D eigenvalue weighted by Crippen LogP contribution is -2.12. The first-order valence-electron chi connectivity index (χ1n) is 6.76. The first kappa shape index (κ1) is 15.2. The summed E-state index contributed by atoms with van der Waals surface area (Å²) in [5.41, 5.74) is 2.46. The number of nitriles is 1. The van der Waals surface area contributed by atoms with Gasteiger partial charge in [-0.25, -0.2) is 4.98 Å². The van der Waals surface area contributed by atoms with Gasteiger partial charge in [0.05, 0.1) is 11.1 Å². The van der Waals surface area contributed by atoms with Crippen LogP contribution in [-0.4, -0.2) is 26.9 Å². The number of benzene rings is 1. The molecule has 20 heavy (non-hydrogen) atoms. The van der Waals surface area contributed by atoms with Gasteiger partial charge in [0.25, 0.3) is 0 Å². The molecule has 106 valence electrons. The fourth-order valence-corrected chi connectivity index (χ4v) is 3.27. The highest BCUT2D eigenvalue weighted by atomic mass is 35.5. The Labute approximate surface area is 128 Å². The van der Waals surface area contributed by atoms with Gasteiger partial charge >= 0.3 is 0 Å². The highest BCUT2D eigenvalue weighted by Gasteiger charge is 2.17. The number of rotatable bonds is 6. The molecular formula is C15H18ClN3S. The Morgan fingerprint density at radius 2 is 2.30 bits per heavy atom. The van der Waals surface area contributed by atoms with Crippen molar-refractivity contribution in [2.24, 2.45) is 0 Å². The van der Waals surface area contributed by atoms with Gasteiger partial charge in [0.2, 0.25) is 0 Å². The van der Waals surface area contributed by atoms with E-state index in [4.69, 9.17) is 11.6 Å². The van der Waals surface area contributed by atoms with E-state index in [0.29, 0.717) is 17.5 Å². The van der Waals surface area contributed by atoms with Crippen molar-refractivity contribution in [2.45, 2.75) is 26.3 Å². The second-order valence-corrected chi connectivity index (χ2v) is 6.33. The number of halogens is 1. The van der Waals surface area contributed by atoms with E-state index in [1.807, 2.05) is 30.0 Å². The van der Waals surface area contributed by atoms with Crippen LogP contribution in [0.4, 0.5) is 0 Å². The van der Waals surface area contributed by atoms with Gasteiger partial charge in [-0.15, -0.1) is 11.6 Å². The molecule has 1 atom stereocenters. The van der Waals surface area contributed by atoms with Crippen molar-refractivity contribution in [1.29, 1.82) is 5.26 Å². The Bertz CT molecular complexity index is 630. The number of alkyl halides is 1. The zero-order chi connectivity index (χ0) is 14.5. The van der Waals surface area contributed by atoms with Gasteiger partial charge in [-0.05, 0) is 24.8 Å². The van der Waals surface area contributed by atoms with Crippen molar-refractivity contribution >= 4 is 34.4 Å². The van der Waals surface area contributed by atoms with Crippen LogP contribution in [0.5, 0.6) is 0 Å². The Morgan fingerprint density at radius 3 is 2.95 bits per heavy atom. The van der Waals surface area contributed by atoms with Crippen LogP contribution in [0.15, 0.2) is 18.2 Å². The van der Waals surface area contributed by atoms with Gasteiger partial charge in [0.1, 0.15) is 17.4 Å². The van der Waals surface area contributed by atoms with Crippen molar-refractivity contribution in [1.82, 2.24) is 9.55 Å². The smallest absolute Gasteiger partial charge is 0.111 e. The van der Waals surface area contributed by atoms with Crippen molar-refractivity contribution in [3.05, 3.63) is 29.6 Å². The van der Waals surface area contributed by atoms with Gasteiger partial charge in [0, 0.05) is 24.1 Å². The summed E-state index contributed by atoms with van der Waals surface area (Å²) in [6, 6.07) is 8.34. The number of nitrogens with zero attached hydrogens (tertiary/aromatic N) is 3. The SMILES string of the molecule is CCSCC(C)n1c(CCCl)nc2c(C#N)cccc21. The molecule has 0 amide bonds. The van der Waals surface area contributed by atoms with Crippen molar-refractivity contribution in [2.75, 3.05) is 17.4 Å². The summed E-state index contributed by atoms with van der Waals surface area (Å²) in [7, 11) is 0. The minimum atomic E-state index is 0.345. The molecule has 1 unspecified atom stereocenters. The third-order valence-corrected chi connectivity index (χ3v) is 4.55. The van der Waals surface area contributed by atoms with E-state index >= 15 is 0 Å². The Kier molecular flexibility index (Phi) is 5.33. The van der Waals surface area contributed by atoms with E-state index in [0.717, 1.165) is 34.8 Å². The highest BCUT2D eigenvalue weighted by molar-refractivity contribution is 7.99. The van der Waals surface area contributed by atoms with Crippen LogP contribution in [0.3, 0.4) is 0 Å². The van der Waals surface area contributed by atoms with Crippen LogP contribution in [0.2, 0.25) is 0 Å². The third-order valence-electron chi connectivity index (χ3n) is 3.24. The van der Waals surface area contributed by atoms with E-state index in [1.165, 1.54) is 0 Å². The highest BCUT2D eigenvalue weighted by Crippen LogP contribution is 2.26. The van der Waals surface area contributed by atoms with E-state index in [9.17, 15) is 5.26 Å². The molecule has 3 nitrogen and oxygen atoms in total. The fraction of sp³-hybridized carbons (Fsp3) is 0.467. The number of aryl methyl sites for hydroxylation is 1. The summed E-state index contributed by atoms with van der Waals surface area (Å²) in [6.07, 6.45) is 0.724. The van der Waals surface area contributed by atoms with Crippen molar-refractivity contribution in [3.63, 3.8) is 0 Å². The summed E-state index contributed by atoms with van der Waals surface area (Å²) in [4.78, 5) is 4.65. The molecule has 0 saturated carbocycles. The van der Waals surface area contributed by atoms with Crippen LogP contribution in [0.25, 0.3) is 11.0 Å². The molecule has 0 fully saturated rings. The lowest BCUT2D eigenvalue weighted by Gasteiger charge is -2.17. The van der Waals surface area contributed by atoms with E-state index < -0.39 is 0 Å². The summed E-state index contributed by atoms with van der Waals surface area (Å²) in [5, 5.41) is 9.22. The minimum Gasteiger partial charge on any atom is -0.324 e.